The molecular weight excluding hydrogens is 500 g/mol. The number of rotatable bonds is 11. The molecule has 9 heteroatoms. The fourth-order valence-electron chi connectivity index (χ4n) is 3.93. The molecule has 1 amide bonds. The molecule has 0 spiro atoms. The van der Waals surface area contributed by atoms with Gasteiger partial charge in [-0.05, 0) is 61.5 Å². The first-order valence-electron chi connectivity index (χ1n) is 12.9. The number of alkyl halides is 1. The van der Waals surface area contributed by atoms with Crippen LogP contribution >= 0.6 is 0 Å². The Balaban J connectivity index is 0.00000260. The number of hydrogen-bond donors (Lipinski definition) is 3. The third kappa shape index (κ3) is 8.97. The summed E-state index contributed by atoms with van der Waals surface area (Å²) in [6.07, 6.45) is -0.966. The number of benzene rings is 3. The average molecular weight is 538 g/mol. The summed E-state index contributed by atoms with van der Waals surface area (Å²) in [6, 6.07) is 18.3. The van der Waals surface area contributed by atoms with Gasteiger partial charge >= 0.3 is 0 Å². The van der Waals surface area contributed by atoms with Crippen molar-refractivity contribution in [3.8, 4) is 11.8 Å². The Hall–Kier alpha value is -4.16. The van der Waals surface area contributed by atoms with Gasteiger partial charge in [0.25, 0.3) is 0 Å². The van der Waals surface area contributed by atoms with Crippen LogP contribution < -0.4 is 21.1 Å². The van der Waals surface area contributed by atoms with Gasteiger partial charge in [0.15, 0.2) is 11.6 Å². The molecule has 0 saturated carbocycles. The van der Waals surface area contributed by atoms with Crippen molar-refractivity contribution in [3.63, 3.8) is 0 Å². The van der Waals surface area contributed by atoms with E-state index in [0.717, 1.165) is 37.1 Å². The maximum absolute atomic E-state index is 14.5. The molecule has 0 aliphatic rings. The van der Waals surface area contributed by atoms with Gasteiger partial charge in [-0.15, -0.1) is 0 Å². The van der Waals surface area contributed by atoms with Crippen LogP contribution in [-0.4, -0.2) is 37.8 Å². The van der Waals surface area contributed by atoms with E-state index in [0.29, 0.717) is 11.3 Å². The number of nitrogens with two attached hydrogens (primary N) is 1. The largest absolute Gasteiger partial charge is 0.457 e. The van der Waals surface area contributed by atoms with Crippen LogP contribution in [0, 0.1) is 17.1 Å². The van der Waals surface area contributed by atoms with Crippen molar-refractivity contribution >= 4 is 17.3 Å². The van der Waals surface area contributed by atoms with E-state index in [-0.39, 0.29) is 29.5 Å². The number of carbonyl (C=O) groups is 1. The van der Waals surface area contributed by atoms with Gasteiger partial charge < -0.3 is 26.0 Å². The summed E-state index contributed by atoms with van der Waals surface area (Å²) in [6.45, 7) is 5.86. The van der Waals surface area contributed by atoms with Crippen molar-refractivity contribution in [2.24, 2.45) is 0 Å². The second kappa shape index (κ2) is 15.3. The zero-order valence-electron chi connectivity index (χ0n) is 23.1. The Kier molecular flexibility index (Phi) is 12.2. The Labute approximate surface area is 229 Å². The van der Waals surface area contributed by atoms with Gasteiger partial charge in [-0.25, -0.2) is 8.78 Å². The van der Waals surface area contributed by atoms with Crippen LogP contribution in [0.1, 0.15) is 49.1 Å². The van der Waals surface area contributed by atoms with Gasteiger partial charge in [-0.2, -0.15) is 5.26 Å². The van der Waals surface area contributed by atoms with Crippen molar-refractivity contribution in [1.29, 1.82) is 5.26 Å². The third-order valence-corrected chi connectivity index (χ3v) is 5.73. The minimum atomic E-state index is -1.75. The molecule has 7 nitrogen and oxygen atoms in total. The van der Waals surface area contributed by atoms with Gasteiger partial charge in [-0.1, -0.05) is 38.1 Å². The highest BCUT2D eigenvalue weighted by molar-refractivity contribution is 5.86. The fourth-order valence-corrected chi connectivity index (χ4v) is 3.93. The first-order valence-corrected chi connectivity index (χ1v) is 12.9. The van der Waals surface area contributed by atoms with Gasteiger partial charge in [0, 0.05) is 43.5 Å². The molecule has 0 saturated heterocycles. The highest BCUT2D eigenvalue weighted by atomic mass is 19.1. The number of anilines is 2. The number of halogens is 2. The van der Waals surface area contributed by atoms with Crippen molar-refractivity contribution in [2.45, 2.75) is 46.1 Å². The van der Waals surface area contributed by atoms with Crippen LogP contribution in [0.5, 0.6) is 5.75 Å². The van der Waals surface area contributed by atoms with E-state index in [4.69, 9.17) is 15.7 Å². The second-order valence-corrected chi connectivity index (χ2v) is 8.71. The van der Waals surface area contributed by atoms with Crippen LogP contribution in [0.15, 0.2) is 60.7 Å². The van der Waals surface area contributed by atoms with Gasteiger partial charge in [0.05, 0.1) is 11.6 Å². The smallest absolute Gasteiger partial charge is 0.249 e. The summed E-state index contributed by atoms with van der Waals surface area (Å²) in [5.41, 5.74) is 9.14. The number of likely N-dealkylation sites (N-methyl/N-ethyl adjacent to an activating group) is 2. The van der Waals surface area contributed by atoms with E-state index in [1.807, 2.05) is 45.2 Å². The molecule has 3 rings (SSSR count). The van der Waals surface area contributed by atoms with E-state index < -0.39 is 18.2 Å². The predicted molar refractivity (Wildman–Crippen MR) is 151 cm³/mol. The summed E-state index contributed by atoms with van der Waals surface area (Å²) in [4.78, 5) is 15.2. The molecule has 2 atom stereocenters. The van der Waals surface area contributed by atoms with Crippen molar-refractivity contribution < 1.29 is 18.3 Å². The number of nitrogen functional groups attached to an aromatic ring is 1. The molecule has 0 aromatic heterocycles. The lowest BCUT2D eigenvalue weighted by Crippen LogP contribution is -2.35. The molecule has 4 N–H and O–H groups in total. The van der Waals surface area contributed by atoms with Crippen LogP contribution in [0.4, 0.5) is 20.2 Å². The molecule has 0 aliphatic heterocycles. The fraction of sp³-hybridized carbons (Fsp3) is 0.333. The number of nitriles is 1. The summed E-state index contributed by atoms with van der Waals surface area (Å²) in [5, 5.41) is 15.5. The zero-order valence-corrected chi connectivity index (χ0v) is 23.1. The van der Waals surface area contributed by atoms with E-state index in [9.17, 15) is 13.6 Å². The van der Waals surface area contributed by atoms with Crippen molar-refractivity contribution in [2.75, 3.05) is 31.7 Å². The quantitative estimate of drug-likeness (QED) is 0.276. The van der Waals surface area contributed by atoms with E-state index >= 15 is 0 Å². The maximum atomic E-state index is 14.5. The van der Waals surface area contributed by atoms with E-state index in [2.05, 4.69) is 16.7 Å². The highest BCUT2D eigenvalue weighted by Crippen LogP contribution is 2.30. The molecule has 0 fully saturated rings. The minimum absolute atomic E-state index is 0.0617. The van der Waals surface area contributed by atoms with Gasteiger partial charge in [0.2, 0.25) is 12.3 Å². The predicted octanol–water partition coefficient (Wildman–Crippen LogP) is 5.57. The molecule has 3 aromatic carbocycles. The van der Waals surface area contributed by atoms with Crippen LogP contribution in [0.2, 0.25) is 0 Å². The molecule has 208 valence electrons. The highest BCUT2D eigenvalue weighted by Gasteiger charge is 2.26. The van der Waals surface area contributed by atoms with Gasteiger partial charge in [-0.3, -0.25) is 4.79 Å². The first kappa shape index (κ1) is 31.1. The van der Waals surface area contributed by atoms with Crippen LogP contribution in [0.3, 0.4) is 0 Å². The summed E-state index contributed by atoms with van der Waals surface area (Å²) < 4.78 is 33.2. The molecule has 0 radical (unpaired) electrons. The standard InChI is InChI=1S/C28H31F2N5O2.C2H6/c1-18(29)37-27-22(14-23(32)15-25(27)30)17-35(3)28(36)26(34-24-9-7-20(16-31)8-10-24)21-6-4-5-19(13-21)11-12-33-2;1-2/h4-10,13-15,18,26,33-34H,11-12,17,32H2,1-3H3;1-2H3. The van der Waals surface area contributed by atoms with Crippen molar-refractivity contribution in [3.05, 3.63) is 88.7 Å². The lowest BCUT2D eigenvalue weighted by Gasteiger charge is -2.27. The Bertz CT molecular complexity index is 1260. The SMILES string of the molecule is CC.CNCCc1cccc(C(Nc2ccc(C#N)cc2)C(=O)N(C)Cc2cc(N)cc(F)c2OC(C)F)c1. The topological polar surface area (TPSA) is 103 Å². The summed E-state index contributed by atoms with van der Waals surface area (Å²) in [5.74, 6) is -1.39. The summed E-state index contributed by atoms with van der Waals surface area (Å²) >= 11 is 0. The second-order valence-electron chi connectivity index (χ2n) is 8.71. The van der Waals surface area contributed by atoms with Gasteiger partial charge in [0.1, 0.15) is 6.04 Å². The maximum Gasteiger partial charge on any atom is 0.249 e. The normalized spacial score (nSPS) is 11.8. The average Bonchev–Trinajstić information content (AvgIpc) is 2.93. The van der Waals surface area contributed by atoms with Crippen molar-refractivity contribution in [1.82, 2.24) is 10.2 Å². The van der Waals surface area contributed by atoms with E-state index in [1.54, 1.807) is 31.3 Å². The summed E-state index contributed by atoms with van der Waals surface area (Å²) in [7, 11) is 3.45. The number of nitrogens with zero attached hydrogens (tertiary/aromatic N) is 2. The Morgan fingerprint density at radius 2 is 1.85 bits per heavy atom. The third-order valence-electron chi connectivity index (χ3n) is 5.73. The van der Waals surface area contributed by atoms with Crippen LogP contribution in [0.25, 0.3) is 0 Å². The monoisotopic (exact) mass is 537 g/mol. The molecule has 0 bridgehead atoms. The lowest BCUT2D eigenvalue weighted by molar-refractivity contribution is -0.131. The minimum Gasteiger partial charge on any atom is -0.457 e. The van der Waals surface area contributed by atoms with Crippen LogP contribution in [-0.2, 0) is 17.8 Å². The first-order chi connectivity index (χ1) is 18.7. The number of hydrogen-bond acceptors (Lipinski definition) is 6. The van der Waals surface area contributed by atoms with E-state index in [1.165, 1.54) is 11.0 Å². The number of carbonyl (C=O) groups excluding carboxylic acids is 1. The molecule has 0 aliphatic carbocycles. The Morgan fingerprint density at radius 1 is 1.15 bits per heavy atom. The molecule has 39 heavy (non-hydrogen) atoms. The molecule has 3 aromatic rings. The molecular formula is C30H37F2N5O2. The Morgan fingerprint density at radius 3 is 2.46 bits per heavy atom. The zero-order chi connectivity index (χ0) is 28.9. The molecule has 0 heterocycles. The lowest BCUT2D eigenvalue weighted by atomic mass is 10.0. The number of ether oxygens (including phenoxy) is 1. The number of amides is 1. The number of nitrogens with one attached hydrogen (secondary N) is 2. The molecule has 2 unspecified atom stereocenters.